The first-order chi connectivity index (χ1) is 11.4. The van der Waals surface area contributed by atoms with E-state index in [1.54, 1.807) is 0 Å². The molecule has 0 unspecified atom stereocenters. The van der Waals surface area contributed by atoms with Gasteiger partial charge in [-0.05, 0) is 58.1 Å². The molecule has 3 rings (SSSR count). The standard InChI is InChI=1S/C24H33N/c1-14-10-17(23(4,5)6)12-19-16(3)20-13-18(24(7,8)9)11-15(2)22(20)25-21(14)19/h10-13,16,25H,1-9H3. The van der Waals surface area contributed by atoms with E-state index >= 15 is 0 Å². The molecule has 0 aromatic heterocycles. The molecule has 0 fully saturated rings. The SMILES string of the molecule is Cc1cc(C(C)(C)C)cc2c1Nc1c(C)cc(C(C)(C)C)cc1C2C. The van der Waals surface area contributed by atoms with Crippen LogP contribution in [0.5, 0.6) is 0 Å². The summed E-state index contributed by atoms with van der Waals surface area (Å²) in [7, 11) is 0. The molecule has 1 aliphatic rings. The van der Waals surface area contributed by atoms with Gasteiger partial charge in [-0.2, -0.15) is 0 Å². The van der Waals surface area contributed by atoms with Crippen molar-refractivity contribution < 1.29 is 0 Å². The number of anilines is 2. The van der Waals surface area contributed by atoms with E-state index in [-0.39, 0.29) is 10.8 Å². The Bertz CT molecular complexity index is 759. The van der Waals surface area contributed by atoms with Crippen LogP contribution in [-0.2, 0) is 10.8 Å². The zero-order chi connectivity index (χ0) is 18.7. The summed E-state index contributed by atoms with van der Waals surface area (Å²) in [4.78, 5) is 0. The van der Waals surface area contributed by atoms with Gasteiger partial charge >= 0.3 is 0 Å². The fourth-order valence-corrected chi connectivity index (χ4v) is 3.81. The van der Waals surface area contributed by atoms with Crippen LogP contribution in [0.4, 0.5) is 11.4 Å². The maximum atomic E-state index is 3.76. The molecule has 1 nitrogen and oxygen atoms in total. The van der Waals surface area contributed by atoms with Gasteiger partial charge in [0.25, 0.3) is 0 Å². The molecule has 0 amide bonds. The van der Waals surface area contributed by atoms with Gasteiger partial charge in [0.15, 0.2) is 0 Å². The summed E-state index contributed by atoms with van der Waals surface area (Å²) in [6.45, 7) is 20.6. The van der Waals surface area contributed by atoms with Crippen molar-refractivity contribution in [2.24, 2.45) is 0 Å². The number of aryl methyl sites for hydroxylation is 2. The van der Waals surface area contributed by atoms with Gasteiger partial charge in [0.05, 0.1) is 0 Å². The zero-order valence-electron chi connectivity index (χ0n) is 17.4. The minimum atomic E-state index is 0.170. The van der Waals surface area contributed by atoms with E-state index in [1.807, 2.05) is 0 Å². The summed E-state index contributed by atoms with van der Waals surface area (Å²) in [6, 6.07) is 9.54. The topological polar surface area (TPSA) is 12.0 Å². The van der Waals surface area contributed by atoms with Crippen LogP contribution in [0.2, 0.25) is 0 Å². The summed E-state index contributed by atoms with van der Waals surface area (Å²) in [5, 5.41) is 3.76. The first-order valence-electron chi connectivity index (χ1n) is 9.46. The Hall–Kier alpha value is -1.76. The lowest BCUT2D eigenvalue weighted by atomic mass is 9.77. The van der Waals surface area contributed by atoms with E-state index < -0.39 is 0 Å². The van der Waals surface area contributed by atoms with Crippen molar-refractivity contribution in [2.75, 3.05) is 5.32 Å². The minimum absolute atomic E-state index is 0.170. The van der Waals surface area contributed by atoms with Crippen molar-refractivity contribution in [3.8, 4) is 0 Å². The number of hydrogen-bond acceptors (Lipinski definition) is 1. The third-order valence-corrected chi connectivity index (χ3v) is 5.65. The lowest BCUT2D eigenvalue weighted by Gasteiger charge is -2.33. The molecule has 2 aromatic carbocycles. The predicted molar refractivity (Wildman–Crippen MR) is 111 cm³/mol. The summed E-state index contributed by atoms with van der Waals surface area (Å²) in [6.07, 6.45) is 0. The number of nitrogens with one attached hydrogen (secondary N) is 1. The van der Waals surface area contributed by atoms with Crippen molar-refractivity contribution in [1.82, 2.24) is 0 Å². The number of rotatable bonds is 0. The van der Waals surface area contributed by atoms with Crippen LogP contribution in [0.3, 0.4) is 0 Å². The van der Waals surface area contributed by atoms with Gasteiger partial charge in [-0.15, -0.1) is 0 Å². The van der Waals surface area contributed by atoms with Gasteiger partial charge in [-0.3, -0.25) is 0 Å². The van der Waals surface area contributed by atoms with Crippen LogP contribution in [0, 0.1) is 13.8 Å². The largest absolute Gasteiger partial charge is 0.355 e. The molecule has 1 N–H and O–H groups in total. The van der Waals surface area contributed by atoms with E-state index in [9.17, 15) is 0 Å². The normalized spacial score (nSPS) is 14.8. The van der Waals surface area contributed by atoms with Gasteiger partial charge in [0.2, 0.25) is 0 Å². The monoisotopic (exact) mass is 335 g/mol. The van der Waals surface area contributed by atoms with Crippen molar-refractivity contribution in [3.63, 3.8) is 0 Å². The van der Waals surface area contributed by atoms with Gasteiger partial charge < -0.3 is 5.32 Å². The highest BCUT2D eigenvalue weighted by Gasteiger charge is 2.28. The predicted octanol–water partition coefficient (Wildman–Crippen LogP) is 7.11. The molecule has 1 heterocycles. The van der Waals surface area contributed by atoms with Crippen LogP contribution in [0.1, 0.15) is 87.8 Å². The second kappa shape index (κ2) is 5.62. The van der Waals surface area contributed by atoms with E-state index in [4.69, 9.17) is 0 Å². The second-order valence-corrected chi connectivity index (χ2v) is 9.86. The van der Waals surface area contributed by atoms with E-state index in [1.165, 1.54) is 44.8 Å². The van der Waals surface area contributed by atoms with Crippen LogP contribution in [0.15, 0.2) is 24.3 Å². The fraction of sp³-hybridized carbons (Fsp3) is 0.500. The Morgan fingerprint density at radius 2 is 1.04 bits per heavy atom. The molecular formula is C24H33N. The Morgan fingerprint density at radius 3 is 1.36 bits per heavy atom. The summed E-state index contributed by atoms with van der Waals surface area (Å²) < 4.78 is 0. The van der Waals surface area contributed by atoms with E-state index in [0.717, 1.165) is 0 Å². The molecule has 0 radical (unpaired) electrons. The molecule has 0 atom stereocenters. The maximum Gasteiger partial charge on any atom is 0.0453 e. The first kappa shape index (κ1) is 18.0. The van der Waals surface area contributed by atoms with E-state index in [2.05, 4.69) is 91.9 Å². The zero-order valence-corrected chi connectivity index (χ0v) is 17.4. The molecule has 0 bridgehead atoms. The molecular weight excluding hydrogens is 302 g/mol. The number of fused-ring (bicyclic) bond motifs is 2. The molecule has 1 aliphatic heterocycles. The summed E-state index contributed by atoms with van der Waals surface area (Å²) >= 11 is 0. The van der Waals surface area contributed by atoms with E-state index in [0.29, 0.717) is 5.92 Å². The molecule has 134 valence electrons. The van der Waals surface area contributed by atoms with Crippen molar-refractivity contribution in [2.45, 2.75) is 79.1 Å². The Labute approximate surface area is 153 Å². The third kappa shape index (κ3) is 3.10. The highest BCUT2D eigenvalue weighted by Crippen LogP contribution is 2.46. The molecule has 0 aliphatic carbocycles. The molecule has 0 saturated carbocycles. The van der Waals surface area contributed by atoms with Crippen molar-refractivity contribution >= 4 is 11.4 Å². The Morgan fingerprint density at radius 1 is 0.680 bits per heavy atom. The molecule has 0 spiro atoms. The minimum Gasteiger partial charge on any atom is -0.355 e. The fourth-order valence-electron chi connectivity index (χ4n) is 3.81. The van der Waals surface area contributed by atoms with Crippen LogP contribution < -0.4 is 5.32 Å². The lowest BCUT2D eigenvalue weighted by Crippen LogP contribution is -2.19. The average molecular weight is 336 g/mol. The summed E-state index contributed by atoms with van der Waals surface area (Å²) in [5.74, 6) is 0.410. The summed E-state index contributed by atoms with van der Waals surface area (Å²) in [5.41, 5.74) is 11.4. The molecule has 0 saturated heterocycles. The van der Waals surface area contributed by atoms with Crippen LogP contribution >= 0.6 is 0 Å². The average Bonchev–Trinajstić information content (AvgIpc) is 2.47. The van der Waals surface area contributed by atoms with Gasteiger partial charge in [-0.25, -0.2) is 0 Å². The number of benzene rings is 2. The third-order valence-electron chi connectivity index (χ3n) is 5.65. The Kier molecular flexibility index (Phi) is 4.06. The Balaban J connectivity index is 2.20. The smallest absolute Gasteiger partial charge is 0.0453 e. The maximum absolute atomic E-state index is 3.76. The van der Waals surface area contributed by atoms with Gasteiger partial charge in [0, 0.05) is 17.3 Å². The molecule has 25 heavy (non-hydrogen) atoms. The molecule has 2 aromatic rings. The van der Waals surface area contributed by atoms with Crippen LogP contribution in [-0.4, -0.2) is 0 Å². The van der Waals surface area contributed by atoms with Gasteiger partial charge in [0.1, 0.15) is 0 Å². The van der Waals surface area contributed by atoms with Crippen LogP contribution in [0.25, 0.3) is 0 Å². The highest BCUT2D eigenvalue weighted by atomic mass is 14.9. The first-order valence-corrected chi connectivity index (χ1v) is 9.46. The van der Waals surface area contributed by atoms with Crippen molar-refractivity contribution in [3.05, 3.63) is 57.6 Å². The highest BCUT2D eigenvalue weighted by molar-refractivity contribution is 5.79. The quantitative estimate of drug-likeness (QED) is 0.541. The molecule has 1 heteroatoms. The number of hydrogen-bond donors (Lipinski definition) is 1. The lowest BCUT2D eigenvalue weighted by molar-refractivity contribution is 0.586. The van der Waals surface area contributed by atoms with Crippen molar-refractivity contribution in [1.29, 1.82) is 0 Å². The second-order valence-electron chi connectivity index (χ2n) is 9.86. The van der Waals surface area contributed by atoms with Gasteiger partial charge in [-0.1, -0.05) is 72.7 Å².